The van der Waals surface area contributed by atoms with Gasteiger partial charge in [0.1, 0.15) is 5.60 Å². The van der Waals surface area contributed by atoms with E-state index in [9.17, 15) is 14.7 Å². The number of carbonyl (C=O) groups excluding carboxylic acids is 1. The summed E-state index contributed by atoms with van der Waals surface area (Å²) in [5.74, 6) is 0. The maximum Gasteiger partial charge on any atom is 0.416 e. The molecule has 1 aromatic heterocycles. The van der Waals surface area contributed by atoms with Crippen molar-refractivity contribution in [3.05, 3.63) is 71.2 Å². The van der Waals surface area contributed by atoms with Crippen LogP contribution in [0.3, 0.4) is 0 Å². The number of hydrogen-bond acceptors (Lipinski definition) is 5. The van der Waals surface area contributed by atoms with Gasteiger partial charge in [-0.25, -0.2) is 14.2 Å². The molecular weight excluding hydrogens is 566 g/mol. The number of hydrogen-bond donors (Lipinski definition) is 2. The van der Waals surface area contributed by atoms with Crippen molar-refractivity contribution in [1.82, 2.24) is 9.88 Å². The summed E-state index contributed by atoms with van der Waals surface area (Å²) in [5.41, 5.74) is 3.73. The van der Waals surface area contributed by atoms with Gasteiger partial charge in [-0.15, -0.1) is 0 Å². The molecule has 0 fully saturated rings. The summed E-state index contributed by atoms with van der Waals surface area (Å²) in [6.07, 6.45) is -0.719. The summed E-state index contributed by atoms with van der Waals surface area (Å²) < 4.78 is 7.67. The minimum absolute atomic E-state index is 0.421. The first-order valence-electron chi connectivity index (χ1n) is 12.3. The maximum absolute atomic E-state index is 12.2. The Kier molecular flexibility index (Phi) is 7.15. The molecule has 1 aliphatic rings. The van der Waals surface area contributed by atoms with Crippen LogP contribution in [-0.2, 0) is 4.74 Å². The second-order valence-electron chi connectivity index (χ2n) is 10.0. The third-order valence-electron chi connectivity index (χ3n) is 6.11. The Hall–Kier alpha value is -3.43. The lowest BCUT2D eigenvalue weighted by Gasteiger charge is -2.33. The van der Waals surface area contributed by atoms with E-state index in [-0.39, 0.29) is 0 Å². The summed E-state index contributed by atoms with van der Waals surface area (Å²) in [5, 5.41) is 13.7. The summed E-state index contributed by atoms with van der Waals surface area (Å²) in [6, 6.07) is 21.7. The topological polar surface area (TPSA) is 83.8 Å². The number of benzene rings is 3. The number of para-hydroxylation sites is 1. The summed E-state index contributed by atoms with van der Waals surface area (Å²) in [7, 11) is 0. The van der Waals surface area contributed by atoms with E-state index in [0.717, 1.165) is 36.6 Å². The second kappa shape index (κ2) is 10.4. The van der Waals surface area contributed by atoms with Crippen LogP contribution in [0.15, 0.2) is 81.0 Å². The molecule has 7 nitrogen and oxygen atoms in total. The summed E-state index contributed by atoms with van der Waals surface area (Å²) >= 11 is 5.25. The lowest BCUT2D eigenvalue weighted by atomic mass is 10.1. The molecule has 0 atom stereocenters. The highest BCUT2D eigenvalue weighted by Crippen LogP contribution is 2.50. The molecule has 38 heavy (non-hydrogen) atoms. The molecule has 2 N–H and O–H groups in total. The van der Waals surface area contributed by atoms with Gasteiger partial charge in [-0.2, -0.15) is 0 Å². The van der Waals surface area contributed by atoms with Crippen molar-refractivity contribution in [2.75, 3.05) is 18.0 Å². The third kappa shape index (κ3) is 5.39. The monoisotopic (exact) mass is 593 g/mol. The highest BCUT2D eigenvalue weighted by atomic mass is 79.9. The molecule has 0 radical (unpaired) electrons. The number of ether oxygens (including phenoxy) is 1. The van der Waals surface area contributed by atoms with Crippen LogP contribution >= 0.6 is 27.7 Å². The first-order valence-corrected chi connectivity index (χ1v) is 13.9. The van der Waals surface area contributed by atoms with Crippen LogP contribution in [0.5, 0.6) is 0 Å². The number of nitrogens with one attached hydrogen (secondary N) is 1. The number of halogens is 1. The number of aromatic nitrogens is 1. The van der Waals surface area contributed by atoms with Gasteiger partial charge in [0.05, 0.1) is 22.6 Å². The van der Waals surface area contributed by atoms with Crippen molar-refractivity contribution in [2.24, 2.45) is 0 Å². The van der Waals surface area contributed by atoms with E-state index >= 15 is 0 Å². The van der Waals surface area contributed by atoms with Crippen molar-refractivity contribution >= 4 is 62.2 Å². The van der Waals surface area contributed by atoms with Crippen LogP contribution in [0.4, 0.5) is 21.0 Å². The molecule has 0 saturated heterocycles. The average Bonchev–Trinajstić information content (AvgIpc) is 3.24. The number of alkyl carbamates (subject to hydrolysis) is 1. The van der Waals surface area contributed by atoms with Crippen molar-refractivity contribution in [1.29, 1.82) is 0 Å². The van der Waals surface area contributed by atoms with E-state index < -0.39 is 17.8 Å². The van der Waals surface area contributed by atoms with Gasteiger partial charge >= 0.3 is 12.2 Å². The molecule has 1 amide bonds. The largest absolute Gasteiger partial charge is 0.464 e. The quantitative estimate of drug-likeness (QED) is 0.227. The normalized spacial score (nSPS) is 12.7. The van der Waals surface area contributed by atoms with Crippen LogP contribution < -0.4 is 10.2 Å². The lowest BCUT2D eigenvalue weighted by molar-refractivity contribution is 0.0527. The zero-order valence-electron chi connectivity index (χ0n) is 21.3. The molecule has 1 aliphatic heterocycles. The fraction of sp³-hybridized carbons (Fsp3) is 0.241. The van der Waals surface area contributed by atoms with Crippen LogP contribution in [0.1, 0.15) is 27.2 Å². The molecule has 3 aromatic carbocycles. The van der Waals surface area contributed by atoms with Gasteiger partial charge in [0, 0.05) is 38.3 Å². The number of fused-ring (bicyclic) bond motifs is 3. The van der Waals surface area contributed by atoms with Crippen molar-refractivity contribution in [2.45, 2.75) is 42.6 Å². The molecule has 0 saturated carbocycles. The van der Waals surface area contributed by atoms with Crippen molar-refractivity contribution in [3.63, 3.8) is 0 Å². The van der Waals surface area contributed by atoms with E-state index in [4.69, 9.17) is 4.74 Å². The molecule has 0 spiro atoms. The summed E-state index contributed by atoms with van der Waals surface area (Å²) in [6.45, 7) is 6.69. The molecule has 196 valence electrons. The Morgan fingerprint density at radius 1 is 1.00 bits per heavy atom. The highest BCUT2D eigenvalue weighted by molar-refractivity contribution is 9.10. The Morgan fingerprint density at radius 3 is 2.45 bits per heavy atom. The Labute approximate surface area is 233 Å². The first kappa shape index (κ1) is 26.2. The second-order valence-corrected chi connectivity index (χ2v) is 12.0. The Morgan fingerprint density at radius 2 is 1.71 bits per heavy atom. The van der Waals surface area contributed by atoms with Crippen LogP contribution in [0, 0.1) is 0 Å². The van der Waals surface area contributed by atoms with Gasteiger partial charge in [0.25, 0.3) is 0 Å². The number of anilines is 2. The SMILES string of the molecule is CC(C)(C)OC(=O)NCCCN1c2ccc(Br)cc2Sc2cc(-c3cc4ccccc4n3C(=O)O)ccc21. The fourth-order valence-corrected chi connectivity index (χ4v) is 6.26. The Bertz CT molecular complexity index is 1540. The van der Waals surface area contributed by atoms with Crippen molar-refractivity contribution in [3.8, 4) is 11.3 Å². The van der Waals surface area contributed by atoms with Gasteiger partial charge in [0.2, 0.25) is 0 Å². The van der Waals surface area contributed by atoms with Crippen LogP contribution in [0.25, 0.3) is 22.2 Å². The lowest BCUT2D eigenvalue weighted by Crippen LogP contribution is -2.34. The number of amides is 1. The molecule has 0 aliphatic carbocycles. The number of nitrogens with zero attached hydrogens (tertiary/aromatic N) is 2. The average molecular weight is 595 g/mol. The zero-order valence-corrected chi connectivity index (χ0v) is 23.7. The zero-order chi connectivity index (χ0) is 27.0. The molecular formula is C29H28BrN3O4S. The van der Waals surface area contributed by atoms with Crippen LogP contribution in [-0.4, -0.2) is 40.6 Å². The molecule has 0 unspecified atom stereocenters. The molecule has 2 heterocycles. The van der Waals surface area contributed by atoms with E-state index in [0.29, 0.717) is 30.7 Å². The van der Waals surface area contributed by atoms with Gasteiger partial charge < -0.3 is 20.1 Å². The molecule has 9 heteroatoms. The third-order valence-corrected chi connectivity index (χ3v) is 7.69. The Balaban J connectivity index is 1.45. The molecule has 0 bridgehead atoms. The van der Waals surface area contributed by atoms with Crippen molar-refractivity contribution < 1.29 is 19.4 Å². The van der Waals surface area contributed by atoms with Gasteiger partial charge in [0.15, 0.2) is 0 Å². The minimum Gasteiger partial charge on any atom is -0.464 e. The molecule has 5 rings (SSSR count). The summed E-state index contributed by atoms with van der Waals surface area (Å²) in [4.78, 5) is 28.6. The number of carboxylic acid groups (broad SMARTS) is 1. The standard InChI is InChI=1S/C29H28BrN3O4S/c1-29(2,3)37-27(34)31-13-6-14-32-22-11-9-19(16-25(22)38-26-17-20(30)10-12-23(26)32)24-15-18-7-4-5-8-21(18)33(24)28(35)36/h4-5,7-12,15-17H,6,13-14H2,1-3H3,(H,31,34)(H,35,36). The van der Waals surface area contributed by atoms with E-state index in [1.807, 2.05) is 69.3 Å². The van der Waals surface area contributed by atoms with Gasteiger partial charge in [-0.3, -0.25) is 0 Å². The molecule has 4 aromatic rings. The minimum atomic E-state index is -1.01. The van der Waals surface area contributed by atoms with E-state index in [1.165, 1.54) is 4.57 Å². The van der Waals surface area contributed by atoms with E-state index in [2.05, 4.69) is 44.3 Å². The van der Waals surface area contributed by atoms with Gasteiger partial charge in [-0.1, -0.05) is 52.0 Å². The smallest absolute Gasteiger partial charge is 0.416 e. The van der Waals surface area contributed by atoms with Gasteiger partial charge in [-0.05, 0) is 69.7 Å². The van der Waals surface area contributed by atoms with E-state index in [1.54, 1.807) is 11.8 Å². The predicted molar refractivity (Wildman–Crippen MR) is 155 cm³/mol. The first-order chi connectivity index (χ1) is 18.1. The number of rotatable bonds is 5. The van der Waals surface area contributed by atoms with Crippen LogP contribution in [0.2, 0.25) is 0 Å². The highest BCUT2D eigenvalue weighted by Gasteiger charge is 2.25. The fourth-order valence-electron chi connectivity index (χ4n) is 4.58. The number of carbonyl (C=O) groups is 2. The predicted octanol–water partition coefficient (Wildman–Crippen LogP) is 8.11. The maximum atomic E-state index is 12.2.